The van der Waals surface area contributed by atoms with Gasteiger partial charge in [-0.2, -0.15) is 0 Å². The van der Waals surface area contributed by atoms with E-state index in [4.69, 9.17) is 5.73 Å². The summed E-state index contributed by atoms with van der Waals surface area (Å²) < 4.78 is 27.9. The fourth-order valence-corrected chi connectivity index (χ4v) is 3.42. The summed E-state index contributed by atoms with van der Waals surface area (Å²) in [7, 11) is -3.63. The molecule has 4 nitrogen and oxygen atoms in total. The van der Waals surface area contributed by atoms with Gasteiger partial charge < -0.3 is 5.73 Å². The fraction of sp³-hybridized carbons (Fsp3) is 0.143. The van der Waals surface area contributed by atoms with Gasteiger partial charge in [0.05, 0.1) is 10.6 Å². The first-order chi connectivity index (χ1) is 9.31. The molecule has 0 aliphatic rings. The number of hydrogen-bond donors (Lipinski definition) is 2. The molecule has 2 rings (SSSR count). The van der Waals surface area contributed by atoms with Crippen LogP contribution < -0.4 is 10.5 Å². The molecule has 0 amide bonds. The molecule has 2 aromatic carbocycles. The van der Waals surface area contributed by atoms with Gasteiger partial charge in [-0.1, -0.05) is 12.1 Å². The lowest BCUT2D eigenvalue weighted by atomic mass is 10.1. The zero-order valence-corrected chi connectivity index (χ0v) is 13.5. The van der Waals surface area contributed by atoms with Gasteiger partial charge in [0.15, 0.2) is 0 Å². The van der Waals surface area contributed by atoms with E-state index in [0.717, 1.165) is 11.1 Å². The van der Waals surface area contributed by atoms with E-state index in [1.54, 1.807) is 12.1 Å². The minimum atomic E-state index is -3.63. The first-order valence-electron chi connectivity index (χ1n) is 5.95. The number of nitrogens with one attached hydrogen (secondary N) is 1. The van der Waals surface area contributed by atoms with E-state index >= 15 is 0 Å². The predicted molar refractivity (Wildman–Crippen MR) is 85.3 cm³/mol. The molecule has 106 valence electrons. The number of nitrogen functional groups attached to an aromatic ring is 1. The van der Waals surface area contributed by atoms with Gasteiger partial charge in [0.1, 0.15) is 0 Å². The molecule has 0 fully saturated rings. The van der Waals surface area contributed by atoms with Gasteiger partial charge in [0.2, 0.25) is 0 Å². The monoisotopic (exact) mass is 354 g/mol. The Labute approximate surface area is 127 Å². The van der Waals surface area contributed by atoms with Crippen LogP contribution in [-0.2, 0) is 10.0 Å². The van der Waals surface area contributed by atoms with Crippen molar-refractivity contribution in [1.82, 2.24) is 0 Å². The van der Waals surface area contributed by atoms with Crippen LogP contribution in [0.4, 0.5) is 11.4 Å². The fourth-order valence-electron chi connectivity index (χ4n) is 1.74. The molecule has 0 heterocycles. The van der Waals surface area contributed by atoms with Gasteiger partial charge in [-0.3, -0.25) is 4.72 Å². The SMILES string of the molecule is Cc1cccc(NS(=O)(=O)c2ccc(N)c(Br)c2)c1C. The summed E-state index contributed by atoms with van der Waals surface area (Å²) in [6, 6.07) is 10.0. The molecule has 20 heavy (non-hydrogen) atoms. The zero-order chi connectivity index (χ0) is 14.9. The molecule has 0 unspecified atom stereocenters. The third-order valence-corrected chi connectivity index (χ3v) is 5.18. The third kappa shape index (κ3) is 2.96. The Kier molecular flexibility index (Phi) is 4.06. The molecule has 0 aromatic heterocycles. The van der Waals surface area contributed by atoms with E-state index in [-0.39, 0.29) is 4.90 Å². The van der Waals surface area contributed by atoms with E-state index < -0.39 is 10.0 Å². The molecule has 0 aliphatic carbocycles. The largest absolute Gasteiger partial charge is 0.398 e. The minimum Gasteiger partial charge on any atom is -0.398 e. The molecular formula is C14H15BrN2O2S. The molecule has 0 saturated carbocycles. The maximum absolute atomic E-state index is 12.4. The number of halogens is 1. The molecule has 0 radical (unpaired) electrons. The average molecular weight is 355 g/mol. The van der Waals surface area contributed by atoms with Crippen LogP contribution in [0, 0.1) is 13.8 Å². The number of nitrogens with two attached hydrogens (primary N) is 1. The van der Waals surface area contributed by atoms with Crippen molar-refractivity contribution >= 4 is 37.3 Å². The number of benzene rings is 2. The number of aryl methyl sites for hydroxylation is 1. The Morgan fingerprint density at radius 1 is 1.15 bits per heavy atom. The molecule has 6 heteroatoms. The first kappa shape index (κ1) is 14.9. The van der Waals surface area contributed by atoms with E-state index in [1.807, 2.05) is 26.0 Å². The van der Waals surface area contributed by atoms with Crippen LogP contribution in [0.15, 0.2) is 45.8 Å². The van der Waals surface area contributed by atoms with Gasteiger partial charge in [-0.15, -0.1) is 0 Å². The second kappa shape index (κ2) is 5.46. The van der Waals surface area contributed by atoms with E-state index in [2.05, 4.69) is 20.7 Å². The van der Waals surface area contributed by atoms with Gasteiger partial charge in [0.25, 0.3) is 10.0 Å². The predicted octanol–water partition coefficient (Wildman–Crippen LogP) is 3.45. The quantitative estimate of drug-likeness (QED) is 0.829. The number of rotatable bonds is 3. The van der Waals surface area contributed by atoms with Crippen molar-refractivity contribution in [3.8, 4) is 0 Å². The summed E-state index contributed by atoms with van der Waals surface area (Å²) in [4.78, 5) is 0.166. The lowest BCUT2D eigenvalue weighted by Crippen LogP contribution is -2.14. The summed E-state index contributed by atoms with van der Waals surface area (Å²) in [5.74, 6) is 0. The lowest BCUT2D eigenvalue weighted by molar-refractivity contribution is 0.601. The zero-order valence-electron chi connectivity index (χ0n) is 11.1. The Bertz CT molecular complexity index is 758. The van der Waals surface area contributed by atoms with Crippen molar-refractivity contribution < 1.29 is 8.42 Å². The summed E-state index contributed by atoms with van der Waals surface area (Å²) in [5.41, 5.74) is 8.68. The standard InChI is InChI=1S/C14H15BrN2O2S/c1-9-4-3-5-14(10(9)2)17-20(18,19)11-6-7-13(16)12(15)8-11/h3-8,17H,16H2,1-2H3. The number of sulfonamides is 1. The minimum absolute atomic E-state index is 0.166. The first-order valence-corrected chi connectivity index (χ1v) is 8.23. The second-order valence-electron chi connectivity index (χ2n) is 4.54. The molecule has 0 spiro atoms. The van der Waals surface area contributed by atoms with Gasteiger partial charge in [-0.05, 0) is 65.2 Å². The second-order valence-corrected chi connectivity index (χ2v) is 7.07. The highest BCUT2D eigenvalue weighted by molar-refractivity contribution is 9.10. The summed E-state index contributed by atoms with van der Waals surface area (Å²) in [6.45, 7) is 3.82. The normalized spacial score (nSPS) is 11.3. The van der Waals surface area contributed by atoms with E-state index in [0.29, 0.717) is 15.8 Å². The average Bonchev–Trinajstić information content (AvgIpc) is 2.38. The Hall–Kier alpha value is -1.53. The molecule has 3 N–H and O–H groups in total. The number of anilines is 2. The van der Waals surface area contributed by atoms with Crippen molar-refractivity contribution in [2.24, 2.45) is 0 Å². The maximum Gasteiger partial charge on any atom is 0.261 e. The Morgan fingerprint density at radius 3 is 2.50 bits per heavy atom. The van der Waals surface area contributed by atoms with Crippen LogP contribution in [-0.4, -0.2) is 8.42 Å². The van der Waals surface area contributed by atoms with Gasteiger partial charge >= 0.3 is 0 Å². The summed E-state index contributed by atoms with van der Waals surface area (Å²) in [6.07, 6.45) is 0. The van der Waals surface area contributed by atoms with Crippen LogP contribution in [0.25, 0.3) is 0 Å². The molecule has 0 bridgehead atoms. The molecule has 0 atom stereocenters. The lowest BCUT2D eigenvalue weighted by Gasteiger charge is -2.12. The summed E-state index contributed by atoms with van der Waals surface area (Å²) in [5, 5.41) is 0. The van der Waals surface area contributed by atoms with E-state index in [9.17, 15) is 8.42 Å². The van der Waals surface area contributed by atoms with Crippen molar-refractivity contribution in [3.63, 3.8) is 0 Å². The molecular weight excluding hydrogens is 340 g/mol. The van der Waals surface area contributed by atoms with Gasteiger partial charge in [-0.25, -0.2) is 8.42 Å². The molecule has 0 aliphatic heterocycles. The van der Waals surface area contributed by atoms with Crippen LogP contribution in [0.5, 0.6) is 0 Å². The van der Waals surface area contributed by atoms with Crippen LogP contribution in [0.2, 0.25) is 0 Å². The van der Waals surface area contributed by atoms with Crippen molar-refractivity contribution in [2.45, 2.75) is 18.7 Å². The van der Waals surface area contributed by atoms with Crippen LogP contribution in [0.1, 0.15) is 11.1 Å². The van der Waals surface area contributed by atoms with Crippen LogP contribution in [0.3, 0.4) is 0 Å². The smallest absolute Gasteiger partial charge is 0.261 e. The highest BCUT2D eigenvalue weighted by Crippen LogP contribution is 2.26. The van der Waals surface area contributed by atoms with Gasteiger partial charge in [0, 0.05) is 10.2 Å². The Morgan fingerprint density at radius 2 is 1.85 bits per heavy atom. The van der Waals surface area contributed by atoms with Crippen molar-refractivity contribution in [3.05, 3.63) is 52.0 Å². The third-order valence-electron chi connectivity index (χ3n) is 3.13. The highest BCUT2D eigenvalue weighted by Gasteiger charge is 2.16. The van der Waals surface area contributed by atoms with Crippen molar-refractivity contribution in [2.75, 3.05) is 10.5 Å². The van der Waals surface area contributed by atoms with E-state index in [1.165, 1.54) is 12.1 Å². The molecule has 0 saturated heterocycles. The number of hydrogen-bond acceptors (Lipinski definition) is 3. The summed E-state index contributed by atoms with van der Waals surface area (Å²) >= 11 is 3.23. The molecule has 2 aromatic rings. The Balaban J connectivity index is 2.41. The van der Waals surface area contributed by atoms with Crippen LogP contribution >= 0.6 is 15.9 Å². The topological polar surface area (TPSA) is 72.2 Å². The van der Waals surface area contributed by atoms with Crippen molar-refractivity contribution in [1.29, 1.82) is 0 Å². The maximum atomic E-state index is 12.4. The highest BCUT2D eigenvalue weighted by atomic mass is 79.9.